The Morgan fingerprint density at radius 1 is 1.16 bits per heavy atom. The smallest absolute Gasteiger partial charge is 0.270 e. The van der Waals surface area contributed by atoms with Crippen molar-refractivity contribution in [3.05, 3.63) is 36.0 Å². The summed E-state index contributed by atoms with van der Waals surface area (Å²) >= 11 is 0. The second-order valence-corrected chi connectivity index (χ2v) is 6.35. The van der Waals surface area contributed by atoms with Gasteiger partial charge in [-0.3, -0.25) is 9.59 Å². The van der Waals surface area contributed by atoms with Crippen LogP contribution in [0.25, 0.3) is 10.9 Å². The Bertz CT molecular complexity index is 705. The van der Waals surface area contributed by atoms with Crippen molar-refractivity contribution < 1.29 is 9.59 Å². The lowest BCUT2D eigenvalue weighted by Gasteiger charge is -2.35. The van der Waals surface area contributed by atoms with Gasteiger partial charge >= 0.3 is 0 Å². The molecule has 2 amide bonds. The van der Waals surface area contributed by atoms with Crippen molar-refractivity contribution in [1.29, 1.82) is 0 Å². The highest BCUT2D eigenvalue weighted by atomic mass is 35.5. The van der Waals surface area contributed by atoms with E-state index in [9.17, 15) is 9.59 Å². The zero-order chi connectivity index (χ0) is 17.1. The van der Waals surface area contributed by atoms with E-state index in [0.717, 1.165) is 10.9 Å². The average molecular weight is 365 g/mol. The Balaban J connectivity index is 0.00000225. The van der Waals surface area contributed by atoms with Crippen LogP contribution in [0.5, 0.6) is 0 Å². The fourth-order valence-electron chi connectivity index (χ4n) is 3.19. The van der Waals surface area contributed by atoms with Gasteiger partial charge in [0.05, 0.1) is 0 Å². The van der Waals surface area contributed by atoms with Gasteiger partial charge in [0.1, 0.15) is 5.69 Å². The molecule has 0 bridgehead atoms. The van der Waals surface area contributed by atoms with E-state index >= 15 is 0 Å². The van der Waals surface area contributed by atoms with Crippen LogP contribution in [0.4, 0.5) is 0 Å². The Morgan fingerprint density at radius 2 is 1.80 bits per heavy atom. The number of amides is 2. The van der Waals surface area contributed by atoms with Crippen LogP contribution in [0.2, 0.25) is 0 Å². The van der Waals surface area contributed by atoms with E-state index in [1.54, 1.807) is 0 Å². The third kappa shape index (κ3) is 4.14. The Hall–Kier alpha value is -2.05. The normalized spacial score (nSPS) is 15.8. The van der Waals surface area contributed by atoms with Crippen LogP contribution in [0.15, 0.2) is 30.3 Å². The zero-order valence-corrected chi connectivity index (χ0v) is 15.4. The number of para-hydroxylation sites is 1. The van der Waals surface area contributed by atoms with Gasteiger partial charge in [0.25, 0.3) is 5.91 Å². The second-order valence-electron chi connectivity index (χ2n) is 6.35. The summed E-state index contributed by atoms with van der Waals surface area (Å²) in [7, 11) is 1.85. The van der Waals surface area contributed by atoms with Crippen molar-refractivity contribution in [2.24, 2.45) is 5.92 Å². The predicted octanol–water partition coefficient (Wildman–Crippen LogP) is 1.73. The number of aromatic amines is 1. The number of carbonyl (C=O) groups is 2. The van der Waals surface area contributed by atoms with Gasteiger partial charge in [0.15, 0.2) is 0 Å². The van der Waals surface area contributed by atoms with Crippen LogP contribution < -0.4 is 5.32 Å². The molecule has 1 saturated heterocycles. The van der Waals surface area contributed by atoms with Crippen LogP contribution in [0.3, 0.4) is 0 Å². The van der Waals surface area contributed by atoms with Crippen LogP contribution in [-0.2, 0) is 4.79 Å². The summed E-state index contributed by atoms with van der Waals surface area (Å²) in [5.41, 5.74) is 1.58. The molecular formula is C18H25ClN4O2. The maximum absolute atomic E-state index is 12.7. The average Bonchev–Trinajstić information content (AvgIpc) is 3.05. The minimum Gasteiger partial charge on any atom is -0.351 e. The van der Waals surface area contributed by atoms with Gasteiger partial charge in [-0.25, -0.2) is 0 Å². The molecule has 1 atom stereocenters. The summed E-state index contributed by atoms with van der Waals surface area (Å²) in [6.45, 7) is 4.95. The number of H-pyrrole nitrogens is 1. The molecule has 6 nitrogen and oxygen atoms in total. The number of piperazine rings is 1. The third-order valence-corrected chi connectivity index (χ3v) is 4.57. The number of halogens is 1. The largest absolute Gasteiger partial charge is 0.351 e. The van der Waals surface area contributed by atoms with Crippen LogP contribution >= 0.6 is 12.4 Å². The molecule has 25 heavy (non-hydrogen) atoms. The first-order valence-electron chi connectivity index (χ1n) is 8.40. The predicted molar refractivity (Wildman–Crippen MR) is 101 cm³/mol. The molecule has 0 spiro atoms. The van der Waals surface area contributed by atoms with Crippen LogP contribution in [0, 0.1) is 5.92 Å². The topological polar surface area (TPSA) is 68.4 Å². The molecule has 0 radical (unpaired) electrons. The molecule has 1 fully saturated rings. The first kappa shape index (κ1) is 19.3. The number of carbonyl (C=O) groups excluding carboxylic acids is 2. The maximum Gasteiger partial charge on any atom is 0.270 e. The molecule has 2 heterocycles. The van der Waals surface area contributed by atoms with E-state index in [4.69, 9.17) is 0 Å². The Kier molecular flexibility index (Phi) is 6.45. The van der Waals surface area contributed by atoms with Crippen molar-refractivity contribution >= 4 is 35.1 Å². The van der Waals surface area contributed by atoms with Crippen molar-refractivity contribution in [2.45, 2.75) is 6.92 Å². The lowest BCUT2D eigenvalue weighted by molar-refractivity contribution is -0.136. The number of aromatic nitrogens is 1. The fraction of sp³-hybridized carbons (Fsp3) is 0.444. The van der Waals surface area contributed by atoms with E-state index in [-0.39, 0.29) is 30.1 Å². The molecule has 1 unspecified atom stereocenters. The number of rotatable bonds is 4. The number of fused-ring (bicyclic) bond motifs is 1. The lowest BCUT2D eigenvalue weighted by Crippen LogP contribution is -2.52. The summed E-state index contributed by atoms with van der Waals surface area (Å²) < 4.78 is 0. The number of benzene rings is 1. The molecule has 1 aromatic heterocycles. The SMILES string of the molecule is CNCC(C)C(=O)N1CCN(C(=O)c2cc3ccccc3[nH]2)CC1.Cl. The van der Waals surface area contributed by atoms with Gasteiger partial charge in [0.2, 0.25) is 5.91 Å². The number of nitrogens with zero attached hydrogens (tertiary/aromatic N) is 2. The molecule has 0 aliphatic carbocycles. The van der Waals surface area contributed by atoms with E-state index < -0.39 is 0 Å². The Labute approximate surface area is 154 Å². The van der Waals surface area contributed by atoms with Gasteiger partial charge in [-0.15, -0.1) is 12.4 Å². The van der Waals surface area contributed by atoms with Crippen molar-refractivity contribution in [3.8, 4) is 0 Å². The number of hydrogen-bond donors (Lipinski definition) is 2. The standard InChI is InChI=1S/C18H24N4O2.ClH/c1-13(12-19-2)17(23)21-7-9-22(10-8-21)18(24)16-11-14-5-3-4-6-15(14)20-16;/h3-6,11,13,19-20H,7-10,12H2,1-2H3;1H. The van der Waals surface area contributed by atoms with Gasteiger partial charge in [-0.05, 0) is 19.2 Å². The number of nitrogens with one attached hydrogen (secondary N) is 2. The molecule has 1 aliphatic heterocycles. The molecule has 1 aliphatic rings. The molecule has 3 rings (SSSR count). The van der Waals surface area contributed by atoms with Gasteiger partial charge in [-0.1, -0.05) is 25.1 Å². The Morgan fingerprint density at radius 3 is 2.44 bits per heavy atom. The van der Waals surface area contributed by atoms with Crippen molar-refractivity contribution in [1.82, 2.24) is 20.1 Å². The highest BCUT2D eigenvalue weighted by molar-refractivity contribution is 5.98. The van der Waals surface area contributed by atoms with Gasteiger partial charge in [-0.2, -0.15) is 0 Å². The first-order chi connectivity index (χ1) is 11.6. The highest BCUT2D eigenvalue weighted by Gasteiger charge is 2.27. The fourth-order valence-corrected chi connectivity index (χ4v) is 3.19. The molecular weight excluding hydrogens is 340 g/mol. The second kappa shape index (κ2) is 8.36. The third-order valence-electron chi connectivity index (χ3n) is 4.57. The molecule has 136 valence electrons. The monoisotopic (exact) mass is 364 g/mol. The van der Waals surface area contributed by atoms with Crippen LogP contribution in [-0.4, -0.2) is 66.4 Å². The summed E-state index contributed by atoms with van der Waals surface area (Å²) in [6, 6.07) is 9.75. The number of hydrogen-bond acceptors (Lipinski definition) is 3. The minimum absolute atomic E-state index is 0. The van der Waals surface area contributed by atoms with Crippen molar-refractivity contribution in [2.75, 3.05) is 39.8 Å². The molecule has 1 aromatic carbocycles. The highest BCUT2D eigenvalue weighted by Crippen LogP contribution is 2.17. The van der Waals surface area contributed by atoms with E-state index in [0.29, 0.717) is 38.4 Å². The molecule has 0 saturated carbocycles. The summed E-state index contributed by atoms with van der Waals surface area (Å²) in [4.78, 5) is 31.8. The van der Waals surface area contributed by atoms with E-state index in [1.165, 1.54) is 0 Å². The molecule has 7 heteroatoms. The van der Waals surface area contributed by atoms with Crippen LogP contribution in [0.1, 0.15) is 17.4 Å². The zero-order valence-electron chi connectivity index (χ0n) is 14.6. The maximum atomic E-state index is 12.7. The summed E-state index contributed by atoms with van der Waals surface area (Å²) in [6.07, 6.45) is 0. The van der Waals surface area contributed by atoms with E-state index in [2.05, 4.69) is 10.3 Å². The lowest BCUT2D eigenvalue weighted by atomic mass is 10.1. The minimum atomic E-state index is -0.0362. The molecule has 2 aromatic rings. The quantitative estimate of drug-likeness (QED) is 0.868. The van der Waals surface area contributed by atoms with E-state index in [1.807, 2.05) is 54.1 Å². The van der Waals surface area contributed by atoms with Gasteiger partial charge < -0.3 is 20.1 Å². The first-order valence-corrected chi connectivity index (χ1v) is 8.40. The summed E-state index contributed by atoms with van der Waals surface area (Å²) in [5.74, 6) is 0.120. The molecule has 2 N–H and O–H groups in total. The van der Waals surface area contributed by atoms with Gasteiger partial charge in [0, 0.05) is 49.5 Å². The summed E-state index contributed by atoms with van der Waals surface area (Å²) in [5, 5.41) is 4.07. The van der Waals surface area contributed by atoms with Crippen molar-refractivity contribution in [3.63, 3.8) is 0 Å².